The van der Waals surface area contributed by atoms with Gasteiger partial charge in [-0.2, -0.15) is 23.5 Å². The first-order valence-corrected chi connectivity index (χ1v) is 6.58. The molecular formula is C14H11F4N3O2. The highest BCUT2D eigenvalue weighted by Crippen LogP contribution is 2.32. The maximum atomic E-state index is 13.4. The van der Waals surface area contributed by atoms with E-state index in [0.717, 1.165) is 23.2 Å². The Morgan fingerprint density at radius 1 is 1.52 bits per heavy atom. The number of benzene rings is 1. The van der Waals surface area contributed by atoms with Crippen LogP contribution >= 0.6 is 0 Å². The minimum atomic E-state index is -4.70. The van der Waals surface area contributed by atoms with Gasteiger partial charge in [-0.3, -0.25) is 5.01 Å². The number of nitrogens with zero attached hydrogens (tertiary/aromatic N) is 3. The van der Waals surface area contributed by atoms with E-state index in [1.165, 1.54) is 6.92 Å². The third-order valence-electron chi connectivity index (χ3n) is 3.13. The Labute approximate surface area is 128 Å². The monoisotopic (exact) mass is 329 g/mol. The van der Waals surface area contributed by atoms with E-state index in [1.807, 2.05) is 0 Å². The second-order valence-corrected chi connectivity index (χ2v) is 4.64. The van der Waals surface area contributed by atoms with Crippen molar-refractivity contribution in [3.63, 3.8) is 0 Å². The molecular weight excluding hydrogens is 318 g/mol. The maximum absolute atomic E-state index is 13.4. The SMILES string of the molecule is CCOC(=O)C1CC(C(F)(F)F)=NN1c1ccc(F)c(C#N)c1. The Hall–Kier alpha value is -2.63. The fourth-order valence-electron chi connectivity index (χ4n) is 2.08. The summed E-state index contributed by atoms with van der Waals surface area (Å²) in [4.78, 5) is 11.9. The van der Waals surface area contributed by atoms with Crippen molar-refractivity contribution >= 4 is 17.4 Å². The third kappa shape index (κ3) is 3.41. The smallest absolute Gasteiger partial charge is 0.431 e. The van der Waals surface area contributed by atoms with Crippen LogP contribution in [0.15, 0.2) is 23.3 Å². The van der Waals surface area contributed by atoms with Gasteiger partial charge in [0.1, 0.15) is 17.6 Å². The molecule has 1 aliphatic rings. The summed E-state index contributed by atoms with van der Waals surface area (Å²) in [6.45, 7) is 1.52. The van der Waals surface area contributed by atoms with Gasteiger partial charge in [-0.15, -0.1) is 0 Å². The van der Waals surface area contributed by atoms with E-state index in [4.69, 9.17) is 10.00 Å². The van der Waals surface area contributed by atoms with Gasteiger partial charge in [0.15, 0.2) is 6.04 Å². The predicted octanol–water partition coefficient (Wildman–Crippen LogP) is 2.76. The van der Waals surface area contributed by atoms with Gasteiger partial charge in [0.25, 0.3) is 0 Å². The molecule has 122 valence electrons. The lowest BCUT2D eigenvalue weighted by atomic mass is 10.1. The number of carbonyl (C=O) groups is 1. The lowest BCUT2D eigenvalue weighted by molar-refractivity contribution is -0.144. The third-order valence-corrected chi connectivity index (χ3v) is 3.13. The normalized spacial score (nSPS) is 17.7. The van der Waals surface area contributed by atoms with Crippen LogP contribution in [0.25, 0.3) is 0 Å². The molecule has 1 atom stereocenters. The van der Waals surface area contributed by atoms with Crippen molar-refractivity contribution in [3.8, 4) is 6.07 Å². The van der Waals surface area contributed by atoms with Gasteiger partial charge in [0.05, 0.1) is 17.9 Å². The summed E-state index contributed by atoms with van der Waals surface area (Å²) < 4.78 is 56.7. The summed E-state index contributed by atoms with van der Waals surface area (Å²) in [6.07, 6.45) is -5.38. The molecule has 1 aliphatic heterocycles. The molecule has 0 saturated heterocycles. The number of halogens is 4. The molecule has 0 N–H and O–H groups in total. The molecule has 1 aromatic rings. The molecule has 0 amide bonds. The molecule has 0 saturated carbocycles. The van der Waals surface area contributed by atoms with Crippen molar-refractivity contribution in [2.75, 3.05) is 11.6 Å². The minimum absolute atomic E-state index is 0.000234. The fourth-order valence-corrected chi connectivity index (χ4v) is 2.08. The Kier molecular flexibility index (Phi) is 4.54. The average Bonchev–Trinajstić information content (AvgIpc) is 2.93. The number of hydrogen-bond donors (Lipinski definition) is 0. The highest BCUT2D eigenvalue weighted by Gasteiger charge is 2.46. The van der Waals surface area contributed by atoms with Gasteiger partial charge in [0, 0.05) is 6.42 Å². The van der Waals surface area contributed by atoms with E-state index >= 15 is 0 Å². The first-order chi connectivity index (χ1) is 10.8. The van der Waals surface area contributed by atoms with Crippen LogP contribution in [0.1, 0.15) is 18.9 Å². The van der Waals surface area contributed by atoms with Crippen LogP contribution in [-0.4, -0.2) is 30.5 Å². The number of hydrogen-bond acceptors (Lipinski definition) is 5. The van der Waals surface area contributed by atoms with Crippen LogP contribution in [0.3, 0.4) is 0 Å². The molecule has 23 heavy (non-hydrogen) atoms. The molecule has 0 radical (unpaired) electrons. The number of alkyl halides is 3. The predicted molar refractivity (Wildman–Crippen MR) is 72.1 cm³/mol. The van der Waals surface area contributed by atoms with Gasteiger partial charge < -0.3 is 4.74 Å². The van der Waals surface area contributed by atoms with Crippen LogP contribution in [0, 0.1) is 17.1 Å². The van der Waals surface area contributed by atoms with Crippen LogP contribution in [0.4, 0.5) is 23.2 Å². The average molecular weight is 329 g/mol. The lowest BCUT2D eigenvalue weighted by Gasteiger charge is -2.22. The van der Waals surface area contributed by atoms with Gasteiger partial charge in [0.2, 0.25) is 0 Å². The number of hydrazone groups is 1. The number of nitriles is 1. The van der Waals surface area contributed by atoms with Crippen molar-refractivity contribution in [2.24, 2.45) is 5.10 Å². The zero-order chi connectivity index (χ0) is 17.2. The topological polar surface area (TPSA) is 65.7 Å². The molecule has 0 bridgehead atoms. The van der Waals surface area contributed by atoms with Crippen LogP contribution < -0.4 is 5.01 Å². The first-order valence-electron chi connectivity index (χ1n) is 6.58. The maximum Gasteiger partial charge on any atom is 0.431 e. The summed E-state index contributed by atoms with van der Waals surface area (Å²) in [5.74, 6) is -1.69. The van der Waals surface area contributed by atoms with Crippen molar-refractivity contribution in [1.29, 1.82) is 5.26 Å². The summed E-state index contributed by atoms with van der Waals surface area (Å²) in [5, 5.41) is 13.0. The van der Waals surface area contributed by atoms with E-state index in [-0.39, 0.29) is 17.9 Å². The summed E-state index contributed by atoms with van der Waals surface area (Å²) in [6, 6.07) is 3.37. The zero-order valence-electron chi connectivity index (χ0n) is 11.9. The number of rotatable bonds is 3. The lowest BCUT2D eigenvalue weighted by Crippen LogP contribution is -2.36. The number of anilines is 1. The number of esters is 1. The number of ether oxygens (including phenoxy) is 1. The van der Waals surface area contributed by atoms with E-state index in [0.29, 0.717) is 0 Å². The summed E-state index contributed by atoms with van der Waals surface area (Å²) >= 11 is 0. The molecule has 0 aliphatic carbocycles. The second kappa shape index (κ2) is 6.24. The standard InChI is InChI=1S/C14H11F4N3O2/c1-2-23-13(22)11-6-12(14(16,17)18)20-21(11)9-3-4-10(15)8(5-9)7-19/h3-5,11H,2,6H2,1H3. The van der Waals surface area contributed by atoms with Crippen molar-refractivity contribution in [2.45, 2.75) is 25.6 Å². The highest BCUT2D eigenvalue weighted by molar-refractivity contribution is 5.99. The fraction of sp³-hybridized carbons (Fsp3) is 0.357. The molecule has 0 fully saturated rings. The van der Waals surface area contributed by atoms with Crippen molar-refractivity contribution in [3.05, 3.63) is 29.6 Å². The number of carbonyl (C=O) groups excluding carboxylic acids is 1. The quantitative estimate of drug-likeness (QED) is 0.632. The Balaban J connectivity index is 2.43. The largest absolute Gasteiger partial charge is 0.464 e. The van der Waals surface area contributed by atoms with E-state index in [2.05, 4.69) is 5.10 Å². The van der Waals surface area contributed by atoms with Crippen molar-refractivity contribution < 1.29 is 27.1 Å². The molecule has 0 spiro atoms. The molecule has 9 heteroatoms. The van der Waals surface area contributed by atoms with Gasteiger partial charge in [-0.25, -0.2) is 9.18 Å². The highest BCUT2D eigenvalue weighted by atomic mass is 19.4. The molecule has 5 nitrogen and oxygen atoms in total. The Morgan fingerprint density at radius 2 is 2.22 bits per heavy atom. The molecule has 1 heterocycles. The van der Waals surface area contributed by atoms with Gasteiger partial charge in [-0.05, 0) is 25.1 Å². The van der Waals surface area contributed by atoms with Gasteiger partial charge >= 0.3 is 12.1 Å². The molecule has 1 aromatic carbocycles. The molecule has 2 rings (SSSR count). The zero-order valence-corrected chi connectivity index (χ0v) is 11.9. The Bertz CT molecular complexity index is 694. The Morgan fingerprint density at radius 3 is 2.78 bits per heavy atom. The minimum Gasteiger partial charge on any atom is -0.464 e. The molecule has 1 unspecified atom stereocenters. The second-order valence-electron chi connectivity index (χ2n) is 4.64. The van der Waals surface area contributed by atoms with E-state index < -0.39 is 36.1 Å². The van der Waals surface area contributed by atoms with Crippen LogP contribution in [-0.2, 0) is 9.53 Å². The van der Waals surface area contributed by atoms with Crippen LogP contribution in [0.2, 0.25) is 0 Å². The first kappa shape index (κ1) is 16.7. The van der Waals surface area contributed by atoms with E-state index in [9.17, 15) is 22.4 Å². The van der Waals surface area contributed by atoms with Crippen molar-refractivity contribution in [1.82, 2.24) is 0 Å². The summed E-state index contributed by atoms with van der Waals surface area (Å²) in [7, 11) is 0. The molecule has 0 aromatic heterocycles. The van der Waals surface area contributed by atoms with Crippen LogP contribution in [0.5, 0.6) is 0 Å². The van der Waals surface area contributed by atoms with Gasteiger partial charge in [-0.1, -0.05) is 0 Å². The summed E-state index contributed by atoms with van der Waals surface area (Å²) in [5.41, 5.74) is -1.50. The van der Waals surface area contributed by atoms with E-state index in [1.54, 1.807) is 6.07 Å².